The molecule has 0 atom stereocenters. The van der Waals surface area contributed by atoms with Crippen LogP contribution >= 0.6 is 11.6 Å². The van der Waals surface area contributed by atoms with Crippen LogP contribution in [0, 0.1) is 19.7 Å². The second-order valence-electron chi connectivity index (χ2n) is 4.60. The van der Waals surface area contributed by atoms with Crippen LogP contribution in [0.25, 0.3) is 0 Å². The van der Waals surface area contributed by atoms with Gasteiger partial charge < -0.3 is 4.42 Å². The molecular weight excluding hydrogens is 317 g/mol. The lowest BCUT2D eigenvalue weighted by Crippen LogP contribution is -2.27. The van der Waals surface area contributed by atoms with Crippen LogP contribution in [0.1, 0.15) is 17.1 Å². The van der Waals surface area contributed by atoms with Crippen molar-refractivity contribution in [2.24, 2.45) is 0 Å². The number of furan rings is 1. The Morgan fingerprint density at radius 2 is 1.76 bits per heavy atom. The minimum absolute atomic E-state index is 0.0367. The Labute approximate surface area is 128 Å². The zero-order valence-corrected chi connectivity index (χ0v) is 13.4. The molecule has 0 aliphatic heterocycles. The lowest BCUT2D eigenvalue weighted by Gasteiger charge is -2.19. The average Bonchev–Trinajstić information content (AvgIpc) is 2.73. The van der Waals surface area contributed by atoms with Gasteiger partial charge in [0.15, 0.2) is 0 Å². The van der Waals surface area contributed by atoms with Gasteiger partial charge in [-0.3, -0.25) is 4.31 Å². The van der Waals surface area contributed by atoms with Crippen LogP contribution < -0.4 is 4.31 Å². The van der Waals surface area contributed by atoms with E-state index < -0.39 is 15.8 Å². The Kier molecular flexibility index (Phi) is 4.30. The van der Waals surface area contributed by atoms with Crippen molar-refractivity contribution in [3.8, 4) is 0 Å². The second-order valence-corrected chi connectivity index (χ2v) is 6.78. The van der Waals surface area contributed by atoms with E-state index in [1.54, 1.807) is 13.8 Å². The summed E-state index contributed by atoms with van der Waals surface area (Å²) in [5, 5.41) is 0. The molecule has 2 rings (SSSR count). The predicted molar refractivity (Wildman–Crippen MR) is 79.7 cm³/mol. The van der Waals surface area contributed by atoms with Gasteiger partial charge in [0.25, 0.3) is 10.0 Å². The number of benzene rings is 1. The van der Waals surface area contributed by atoms with Gasteiger partial charge in [0.1, 0.15) is 22.2 Å². The summed E-state index contributed by atoms with van der Waals surface area (Å²) in [4.78, 5) is 0.0711. The van der Waals surface area contributed by atoms with Crippen LogP contribution in [-0.2, 0) is 15.9 Å². The monoisotopic (exact) mass is 331 g/mol. The Morgan fingerprint density at radius 1 is 1.19 bits per heavy atom. The third-order valence-corrected chi connectivity index (χ3v) is 5.52. The minimum Gasteiger partial charge on any atom is -0.465 e. The maximum atomic E-state index is 13.0. The predicted octanol–water partition coefficient (Wildman–Crippen LogP) is 3.60. The molecule has 114 valence electrons. The summed E-state index contributed by atoms with van der Waals surface area (Å²) in [5.41, 5.74) is 0.804. The molecular formula is C14H15ClFNO3S. The van der Waals surface area contributed by atoms with Crippen molar-refractivity contribution >= 4 is 27.3 Å². The molecule has 4 nitrogen and oxygen atoms in total. The molecule has 21 heavy (non-hydrogen) atoms. The van der Waals surface area contributed by atoms with E-state index in [2.05, 4.69) is 0 Å². The molecule has 2 aromatic rings. The number of aryl methyl sites for hydroxylation is 2. The van der Waals surface area contributed by atoms with Crippen LogP contribution in [0.5, 0.6) is 0 Å². The average molecular weight is 332 g/mol. The molecule has 0 saturated heterocycles. The highest BCUT2D eigenvalue weighted by Gasteiger charge is 2.30. The Bertz CT molecular complexity index is 753. The number of sulfonamides is 1. The van der Waals surface area contributed by atoms with Crippen molar-refractivity contribution in [1.29, 1.82) is 0 Å². The Morgan fingerprint density at radius 3 is 2.29 bits per heavy atom. The number of anilines is 1. The molecule has 0 amide bonds. The number of nitrogens with zero attached hydrogens (tertiary/aromatic N) is 1. The Hall–Kier alpha value is -1.53. The van der Waals surface area contributed by atoms with E-state index in [9.17, 15) is 12.8 Å². The van der Waals surface area contributed by atoms with Crippen molar-refractivity contribution < 1.29 is 17.2 Å². The summed E-state index contributed by atoms with van der Waals surface area (Å²) in [5.74, 6) is 0.377. The minimum atomic E-state index is -3.82. The summed E-state index contributed by atoms with van der Waals surface area (Å²) in [6.45, 7) is 3.25. The smallest absolute Gasteiger partial charge is 0.267 e. The molecule has 0 radical (unpaired) electrons. The highest BCUT2D eigenvalue weighted by atomic mass is 35.5. The summed E-state index contributed by atoms with van der Waals surface area (Å²) in [6.07, 6.45) is 0. The molecule has 0 fully saturated rings. The first-order valence-corrected chi connectivity index (χ1v) is 8.15. The first-order valence-electron chi connectivity index (χ1n) is 6.18. The Balaban J connectivity index is 2.54. The first-order chi connectivity index (χ1) is 9.78. The van der Waals surface area contributed by atoms with Gasteiger partial charge in [-0.1, -0.05) is 0 Å². The lowest BCUT2D eigenvalue weighted by molar-refractivity contribution is 0.495. The SMILES string of the molecule is Cc1oc(C)c(S(=O)(=O)N(C)c2ccc(F)cc2)c1CCl. The topological polar surface area (TPSA) is 50.5 Å². The molecule has 0 bridgehead atoms. The number of rotatable bonds is 4. The molecule has 1 heterocycles. The summed E-state index contributed by atoms with van der Waals surface area (Å²) in [7, 11) is -2.42. The highest BCUT2D eigenvalue weighted by Crippen LogP contribution is 2.32. The summed E-state index contributed by atoms with van der Waals surface area (Å²) in [6, 6.07) is 5.21. The van der Waals surface area contributed by atoms with E-state index >= 15 is 0 Å². The van der Waals surface area contributed by atoms with E-state index in [0.717, 1.165) is 4.31 Å². The molecule has 0 aliphatic carbocycles. The van der Waals surface area contributed by atoms with Crippen LogP contribution in [0.2, 0.25) is 0 Å². The fourth-order valence-corrected chi connectivity index (χ4v) is 4.14. The standard InChI is InChI=1S/C14H15ClFNO3S/c1-9-13(8-15)14(10(2)20-9)21(18,19)17(3)12-6-4-11(16)5-7-12/h4-7H,8H2,1-3H3. The van der Waals surface area contributed by atoms with Crippen molar-refractivity contribution in [2.45, 2.75) is 24.6 Å². The van der Waals surface area contributed by atoms with Gasteiger partial charge in [0.05, 0.1) is 11.6 Å². The quantitative estimate of drug-likeness (QED) is 0.804. The van der Waals surface area contributed by atoms with Crippen molar-refractivity contribution in [3.63, 3.8) is 0 Å². The maximum Gasteiger partial charge on any atom is 0.267 e. The summed E-state index contributed by atoms with van der Waals surface area (Å²) >= 11 is 5.84. The van der Waals surface area contributed by atoms with Gasteiger partial charge in [0, 0.05) is 12.6 Å². The third kappa shape index (κ3) is 2.78. The van der Waals surface area contributed by atoms with E-state index in [1.165, 1.54) is 31.3 Å². The van der Waals surface area contributed by atoms with Crippen LogP contribution in [0.15, 0.2) is 33.6 Å². The molecule has 0 unspecified atom stereocenters. The molecule has 0 spiro atoms. The number of hydrogen-bond acceptors (Lipinski definition) is 3. The van der Waals surface area contributed by atoms with Gasteiger partial charge in [-0.25, -0.2) is 12.8 Å². The molecule has 0 aliphatic rings. The first kappa shape index (κ1) is 15.9. The zero-order valence-electron chi connectivity index (χ0n) is 11.9. The molecule has 0 N–H and O–H groups in total. The largest absolute Gasteiger partial charge is 0.465 e. The van der Waals surface area contributed by atoms with Crippen molar-refractivity contribution in [1.82, 2.24) is 0 Å². The van der Waals surface area contributed by atoms with E-state index in [-0.39, 0.29) is 16.5 Å². The van der Waals surface area contributed by atoms with Gasteiger partial charge in [0.2, 0.25) is 0 Å². The van der Waals surface area contributed by atoms with Gasteiger partial charge in [-0.15, -0.1) is 11.6 Å². The van der Waals surface area contributed by atoms with Gasteiger partial charge in [-0.2, -0.15) is 0 Å². The van der Waals surface area contributed by atoms with E-state index in [1.807, 2.05) is 0 Å². The van der Waals surface area contributed by atoms with Crippen LogP contribution in [0.4, 0.5) is 10.1 Å². The number of halogens is 2. The maximum absolute atomic E-state index is 13.0. The molecule has 0 saturated carbocycles. The summed E-state index contributed by atoms with van der Waals surface area (Å²) < 4.78 is 44.9. The van der Waals surface area contributed by atoms with Gasteiger partial charge >= 0.3 is 0 Å². The number of hydrogen-bond donors (Lipinski definition) is 0. The lowest BCUT2D eigenvalue weighted by atomic mass is 10.3. The van der Waals surface area contributed by atoms with Crippen molar-refractivity contribution in [3.05, 3.63) is 47.2 Å². The number of alkyl halides is 1. The normalized spacial score (nSPS) is 11.7. The second kappa shape index (κ2) is 5.69. The van der Waals surface area contributed by atoms with Crippen LogP contribution in [0.3, 0.4) is 0 Å². The van der Waals surface area contributed by atoms with Gasteiger partial charge in [-0.05, 0) is 38.1 Å². The molecule has 1 aromatic carbocycles. The molecule has 7 heteroatoms. The van der Waals surface area contributed by atoms with E-state index in [0.29, 0.717) is 17.0 Å². The third-order valence-electron chi connectivity index (χ3n) is 3.27. The van der Waals surface area contributed by atoms with Crippen molar-refractivity contribution in [2.75, 3.05) is 11.4 Å². The van der Waals surface area contributed by atoms with E-state index in [4.69, 9.17) is 16.0 Å². The fraction of sp³-hybridized carbons (Fsp3) is 0.286. The fourth-order valence-electron chi connectivity index (χ4n) is 2.13. The molecule has 1 aromatic heterocycles. The highest BCUT2D eigenvalue weighted by molar-refractivity contribution is 7.92. The zero-order chi connectivity index (χ0) is 15.8. The van der Waals surface area contributed by atoms with Crippen LogP contribution in [-0.4, -0.2) is 15.5 Å².